The van der Waals surface area contributed by atoms with Gasteiger partial charge < -0.3 is 15.4 Å². The zero-order valence-electron chi connectivity index (χ0n) is 16.1. The molecule has 0 aliphatic carbocycles. The quantitative estimate of drug-likeness (QED) is 0.652. The van der Waals surface area contributed by atoms with Crippen LogP contribution >= 0.6 is 12.4 Å². The number of benzene rings is 1. The highest BCUT2D eigenvalue weighted by Gasteiger charge is 2.27. The topological polar surface area (TPSA) is 102 Å². The number of ether oxygens (including phenoxy) is 1. The van der Waals surface area contributed by atoms with Crippen LogP contribution < -0.4 is 10.5 Å². The summed E-state index contributed by atoms with van der Waals surface area (Å²) in [6, 6.07) is 4.78. The minimum atomic E-state index is -3.67. The molecule has 7 nitrogen and oxygen atoms in total. The van der Waals surface area contributed by atoms with Gasteiger partial charge in [0.05, 0.1) is 11.5 Å². The lowest BCUT2D eigenvalue weighted by molar-refractivity contribution is 0.0680. The summed E-state index contributed by atoms with van der Waals surface area (Å²) in [6.45, 7) is 5.57. The number of aryl methyl sites for hydroxylation is 1. The number of halogens is 1. The highest BCUT2D eigenvalue weighted by atomic mass is 35.5. The number of hydrogen-bond donors (Lipinski definition) is 2. The molecule has 27 heavy (non-hydrogen) atoms. The number of sulfonamides is 1. The number of rotatable bonds is 7. The number of piperidine rings is 1. The molecule has 0 saturated carbocycles. The molecule has 1 heterocycles. The van der Waals surface area contributed by atoms with Gasteiger partial charge in [0.1, 0.15) is 0 Å². The molecule has 0 spiro atoms. The normalized spacial score (nSPS) is 16.7. The van der Waals surface area contributed by atoms with Crippen molar-refractivity contribution in [3.05, 3.63) is 29.3 Å². The van der Waals surface area contributed by atoms with E-state index < -0.39 is 10.0 Å². The first-order chi connectivity index (χ1) is 12.3. The van der Waals surface area contributed by atoms with E-state index >= 15 is 0 Å². The van der Waals surface area contributed by atoms with Crippen molar-refractivity contribution in [3.63, 3.8) is 0 Å². The molecule has 1 aromatic carbocycles. The number of carbonyl (C=O) groups excluding carboxylic acids is 1. The van der Waals surface area contributed by atoms with Crippen LogP contribution in [0.1, 0.15) is 35.7 Å². The summed E-state index contributed by atoms with van der Waals surface area (Å²) in [6.07, 6.45) is 1.75. The summed E-state index contributed by atoms with van der Waals surface area (Å²) in [4.78, 5) is 14.8. The van der Waals surface area contributed by atoms with Crippen molar-refractivity contribution < 1.29 is 17.9 Å². The smallest absolute Gasteiger partial charge is 0.254 e. The van der Waals surface area contributed by atoms with Crippen molar-refractivity contribution in [1.29, 1.82) is 0 Å². The summed E-state index contributed by atoms with van der Waals surface area (Å²) in [5.41, 5.74) is 7.15. The van der Waals surface area contributed by atoms with E-state index in [9.17, 15) is 13.2 Å². The number of nitrogens with one attached hydrogen (secondary N) is 1. The lowest BCUT2D eigenvalue weighted by Crippen LogP contribution is -2.42. The van der Waals surface area contributed by atoms with Crippen LogP contribution in [0.2, 0.25) is 0 Å². The first kappa shape index (κ1) is 23.8. The fourth-order valence-electron chi connectivity index (χ4n) is 3.16. The van der Waals surface area contributed by atoms with Crippen molar-refractivity contribution in [1.82, 2.24) is 9.62 Å². The molecule has 0 aromatic heterocycles. The summed E-state index contributed by atoms with van der Waals surface area (Å²) in [7, 11) is -2.17. The van der Waals surface area contributed by atoms with E-state index in [2.05, 4.69) is 4.72 Å². The van der Waals surface area contributed by atoms with Gasteiger partial charge in [0, 0.05) is 38.3 Å². The van der Waals surface area contributed by atoms with Crippen LogP contribution in [0, 0.1) is 12.8 Å². The first-order valence-electron chi connectivity index (χ1n) is 8.90. The van der Waals surface area contributed by atoms with Crippen molar-refractivity contribution in [3.8, 4) is 0 Å². The second-order valence-electron chi connectivity index (χ2n) is 6.86. The summed E-state index contributed by atoms with van der Waals surface area (Å²) < 4.78 is 32.1. The number of carbonyl (C=O) groups is 1. The standard InChI is InChI=1S/C18H29N3O4S.ClH/c1-13-4-5-16(26(23,24)20-8-11-25-3)12-17(13)18(22)21-9-6-15(7-10-21)14(2)19;/h4-5,12,14-15,20H,6-11,19H2,1-3H3;1H. The highest BCUT2D eigenvalue weighted by molar-refractivity contribution is 7.89. The highest BCUT2D eigenvalue weighted by Crippen LogP contribution is 2.23. The van der Waals surface area contributed by atoms with Crippen LogP contribution in [0.25, 0.3) is 0 Å². The average Bonchev–Trinajstić information content (AvgIpc) is 2.61. The van der Waals surface area contributed by atoms with Crippen LogP contribution in [0.3, 0.4) is 0 Å². The van der Waals surface area contributed by atoms with Gasteiger partial charge in [-0.1, -0.05) is 6.07 Å². The molecule has 1 aliphatic heterocycles. The van der Waals surface area contributed by atoms with Gasteiger partial charge >= 0.3 is 0 Å². The molecule has 0 radical (unpaired) electrons. The minimum absolute atomic E-state index is 0. The summed E-state index contributed by atoms with van der Waals surface area (Å²) >= 11 is 0. The molecule has 1 amide bonds. The van der Waals surface area contributed by atoms with Crippen LogP contribution in [0.15, 0.2) is 23.1 Å². The number of amides is 1. The third-order valence-electron chi connectivity index (χ3n) is 4.92. The Balaban J connectivity index is 0.00000364. The summed E-state index contributed by atoms with van der Waals surface area (Å²) in [5, 5.41) is 0. The fraction of sp³-hybridized carbons (Fsp3) is 0.611. The molecule has 154 valence electrons. The Morgan fingerprint density at radius 2 is 2.00 bits per heavy atom. The van der Waals surface area contributed by atoms with Crippen LogP contribution in [-0.4, -0.2) is 58.6 Å². The number of likely N-dealkylation sites (tertiary alicyclic amines) is 1. The zero-order chi connectivity index (χ0) is 19.3. The largest absolute Gasteiger partial charge is 0.383 e. The second-order valence-corrected chi connectivity index (χ2v) is 8.62. The van der Waals surface area contributed by atoms with E-state index in [1.807, 2.05) is 13.8 Å². The van der Waals surface area contributed by atoms with Crippen molar-refractivity contribution in [2.75, 3.05) is 33.4 Å². The van der Waals surface area contributed by atoms with E-state index in [-0.39, 0.29) is 42.4 Å². The number of hydrogen-bond acceptors (Lipinski definition) is 5. The molecular weight excluding hydrogens is 390 g/mol. The average molecular weight is 420 g/mol. The molecular formula is C18H30ClN3O4S. The maximum Gasteiger partial charge on any atom is 0.254 e. The molecule has 2 rings (SSSR count). The van der Waals surface area contributed by atoms with Gasteiger partial charge in [-0.15, -0.1) is 12.4 Å². The Kier molecular flexibility index (Phi) is 9.17. The monoisotopic (exact) mass is 419 g/mol. The maximum absolute atomic E-state index is 12.9. The minimum Gasteiger partial charge on any atom is -0.383 e. The lowest BCUT2D eigenvalue weighted by atomic mass is 9.90. The molecule has 1 aromatic rings. The molecule has 9 heteroatoms. The Labute approximate surface area is 168 Å². The Morgan fingerprint density at radius 3 is 2.56 bits per heavy atom. The van der Waals surface area contributed by atoms with Gasteiger partial charge in [-0.25, -0.2) is 13.1 Å². The predicted octanol–water partition coefficient (Wildman–Crippen LogP) is 1.54. The number of methoxy groups -OCH3 is 1. The maximum atomic E-state index is 12.9. The van der Waals surface area contributed by atoms with Gasteiger partial charge in [-0.05, 0) is 50.3 Å². The SMILES string of the molecule is COCCNS(=O)(=O)c1ccc(C)c(C(=O)N2CCC(C(C)N)CC2)c1.Cl. The summed E-state index contributed by atoms with van der Waals surface area (Å²) in [5.74, 6) is 0.302. The van der Waals surface area contributed by atoms with E-state index in [4.69, 9.17) is 10.5 Å². The van der Waals surface area contributed by atoms with E-state index in [1.165, 1.54) is 19.2 Å². The van der Waals surface area contributed by atoms with Gasteiger partial charge in [0.25, 0.3) is 5.91 Å². The molecule has 1 saturated heterocycles. The second kappa shape index (κ2) is 10.4. The van der Waals surface area contributed by atoms with Crippen molar-refractivity contribution in [2.45, 2.75) is 37.6 Å². The number of nitrogens with two attached hydrogens (primary N) is 1. The lowest BCUT2D eigenvalue weighted by Gasteiger charge is -2.34. The van der Waals surface area contributed by atoms with E-state index in [1.54, 1.807) is 11.0 Å². The van der Waals surface area contributed by atoms with Gasteiger partial charge in [-0.2, -0.15) is 0 Å². The van der Waals surface area contributed by atoms with Crippen molar-refractivity contribution in [2.24, 2.45) is 11.7 Å². The Morgan fingerprint density at radius 1 is 1.37 bits per heavy atom. The van der Waals surface area contributed by atoms with Crippen molar-refractivity contribution >= 4 is 28.3 Å². The fourth-order valence-corrected chi connectivity index (χ4v) is 4.20. The molecule has 1 fully saturated rings. The Bertz CT molecular complexity index is 732. The first-order valence-corrected chi connectivity index (χ1v) is 10.4. The third-order valence-corrected chi connectivity index (χ3v) is 6.38. The van der Waals surface area contributed by atoms with Crippen LogP contribution in [-0.2, 0) is 14.8 Å². The van der Waals surface area contributed by atoms with Gasteiger partial charge in [-0.3, -0.25) is 4.79 Å². The molecule has 1 aliphatic rings. The van der Waals surface area contributed by atoms with Gasteiger partial charge in [0.2, 0.25) is 10.0 Å². The molecule has 1 unspecified atom stereocenters. The molecule has 1 atom stereocenters. The van der Waals surface area contributed by atoms with Crippen LogP contribution in [0.5, 0.6) is 0 Å². The third kappa shape index (κ3) is 6.15. The van der Waals surface area contributed by atoms with E-state index in [0.29, 0.717) is 24.6 Å². The van der Waals surface area contributed by atoms with E-state index in [0.717, 1.165) is 18.4 Å². The van der Waals surface area contributed by atoms with Gasteiger partial charge in [0.15, 0.2) is 0 Å². The number of nitrogens with zero attached hydrogens (tertiary/aromatic N) is 1. The molecule has 0 bridgehead atoms. The zero-order valence-corrected chi connectivity index (χ0v) is 17.7. The predicted molar refractivity (Wildman–Crippen MR) is 108 cm³/mol. The van der Waals surface area contributed by atoms with Crippen LogP contribution in [0.4, 0.5) is 0 Å². The molecule has 3 N–H and O–H groups in total. The Hall–Kier alpha value is -1.19.